The third-order valence-corrected chi connectivity index (χ3v) is 8.60. The summed E-state index contributed by atoms with van der Waals surface area (Å²) < 4.78 is 5.21. The first-order valence-corrected chi connectivity index (χ1v) is 16.4. The number of thiazole rings is 1. The molecule has 1 heterocycles. The van der Waals surface area contributed by atoms with Gasteiger partial charge in [0.1, 0.15) is 11.4 Å². The largest absolute Gasteiger partial charge is 0.497 e. The fraction of sp³-hybridized carbons (Fsp3) is 0.111. The van der Waals surface area contributed by atoms with Crippen LogP contribution in [0.3, 0.4) is 0 Å². The van der Waals surface area contributed by atoms with Gasteiger partial charge < -0.3 is 25.6 Å². The van der Waals surface area contributed by atoms with E-state index < -0.39 is 11.8 Å². The molecule has 0 aliphatic carbocycles. The van der Waals surface area contributed by atoms with Crippen LogP contribution in [-0.4, -0.2) is 49.7 Å². The van der Waals surface area contributed by atoms with Crippen molar-refractivity contribution in [3.63, 3.8) is 0 Å². The Bertz CT molecular complexity index is 1870. The van der Waals surface area contributed by atoms with Crippen molar-refractivity contribution in [3.8, 4) is 17.0 Å². The predicted octanol–water partition coefficient (Wildman–Crippen LogP) is 7.03. The molecule has 0 aliphatic rings. The number of hydrogen-bond donors (Lipinski definition) is 3. The molecule has 3 amide bonds. The maximum atomic E-state index is 13.5. The van der Waals surface area contributed by atoms with Crippen molar-refractivity contribution in [2.24, 2.45) is 0 Å². The maximum absolute atomic E-state index is 13.5. The number of aromatic nitrogens is 1. The van der Waals surface area contributed by atoms with Crippen LogP contribution >= 0.6 is 23.1 Å². The van der Waals surface area contributed by atoms with E-state index in [1.807, 2.05) is 85.0 Å². The summed E-state index contributed by atoms with van der Waals surface area (Å²) in [6.07, 6.45) is 1.64. The van der Waals surface area contributed by atoms with Gasteiger partial charge in [-0.25, -0.2) is 4.98 Å². The first kappa shape index (κ1) is 33.0. The summed E-state index contributed by atoms with van der Waals surface area (Å²) in [4.78, 5) is 46.5. The molecule has 5 aromatic rings. The zero-order valence-corrected chi connectivity index (χ0v) is 27.7. The van der Waals surface area contributed by atoms with Crippen LogP contribution in [0.5, 0.6) is 5.75 Å². The molecule has 0 fully saturated rings. The van der Waals surface area contributed by atoms with E-state index in [1.165, 1.54) is 23.1 Å². The van der Waals surface area contributed by atoms with Gasteiger partial charge in [-0.05, 0) is 78.4 Å². The van der Waals surface area contributed by atoms with Crippen LogP contribution in [0, 0.1) is 0 Å². The third kappa shape index (κ3) is 9.32. The Labute approximate surface area is 281 Å². The number of anilines is 3. The molecule has 47 heavy (non-hydrogen) atoms. The van der Waals surface area contributed by atoms with Gasteiger partial charge in [0.05, 0.1) is 18.6 Å². The van der Waals surface area contributed by atoms with Gasteiger partial charge >= 0.3 is 0 Å². The Balaban J connectivity index is 1.22. The minimum Gasteiger partial charge on any atom is -0.497 e. The monoisotopic (exact) mass is 663 g/mol. The van der Waals surface area contributed by atoms with Crippen LogP contribution in [0.4, 0.5) is 16.5 Å². The van der Waals surface area contributed by atoms with Crippen LogP contribution in [0.15, 0.2) is 119 Å². The number of carbonyl (C=O) groups excluding carboxylic acids is 3. The lowest BCUT2D eigenvalue weighted by molar-refractivity contribution is -0.114. The molecular formula is C36H33N5O4S2. The fourth-order valence-electron chi connectivity index (χ4n) is 4.37. The number of benzene rings is 4. The highest BCUT2D eigenvalue weighted by molar-refractivity contribution is 8.00. The standard InChI is InChI=1S/C36H33N5O4S2/c1-41(2)28-16-12-24(13-17-28)20-31(38-34(43)26-8-5-4-6-9-26)35(44)37-27-10-7-11-30(21-27)46-23-33(42)40-36-39-32(22-47-36)25-14-18-29(45-3)19-15-25/h4-22H,23H2,1-3H3,(H,37,44)(H,38,43)(H,39,40,42)/b31-20+. The van der Waals surface area contributed by atoms with Gasteiger partial charge in [0.25, 0.3) is 11.8 Å². The number of hydrogen-bond acceptors (Lipinski definition) is 8. The zero-order chi connectivity index (χ0) is 33.2. The second-order valence-corrected chi connectivity index (χ2v) is 12.4. The third-order valence-electron chi connectivity index (χ3n) is 6.85. The van der Waals surface area contributed by atoms with Gasteiger partial charge in [-0.15, -0.1) is 23.1 Å². The molecule has 5 rings (SSSR count). The summed E-state index contributed by atoms with van der Waals surface area (Å²) in [7, 11) is 5.51. The number of methoxy groups -OCH3 is 1. The molecule has 0 saturated heterocycles. The summed E-state index contributed by atoms with van der Waals surface area (Å²) in [6, 6.07) is 31.1. The molecular weight excluding hydrogens is 631 g/mol. The Hall–Kier alpha value is -5.39. The molecule has 9 nitrogen and oxygen atoms in total. The molecule has 0 radical (unpaired) electrons. The van der Waals surface area contributed by atoms with Crippen LogP contribution in [0.2, 0.25) is 0 Å². The highest BCUT2D eigenvalue weighted by Crippen LogP contribution is 2.27. The topological polar surface area (TPSA) is 113 Å². The molecule has 0 spiro atoms. The number of nitrogens with zero attached hydrogens (tertiary/aromatic N) is 2. The molecule has 0 bridgehead atoms. The van der Waals surface area contributed by atoms with E-state index in [0.717, 1.165) is 33.2 Å². The molecule has 1 aromatic heterocycles. The predicted molar refractivity (Wildman–Crippen MR) is 191 cm³/mol. The van der Waals surface area contributed by atoms with E-state index in [2.05, 4.69) is 20.9 Å². The van der Waals surface area contributed by atoms with E-state index in [4.69, 9.17) is 4.74 Å². The van der Waals surface area contributed by atoms with Crippen molar-refractivity contribution >= 4 is 63.4 Å². The number of rotatable bonds is 12. The highest BCUT2D eigenvalue weighted by atomic mass is 32.2. The van der Waals surface area contributed by atoms with Crippen molar-refractivity contribution in [3.05, 3.63) is 125 Å². The van der Waals surface area contributed by atoms with Crippen LogP contribution in [-0.2, 0) is 9.59 Å². The van der Waals surface area contributed by atoms with Gasteiger partial charge in [-0.3, -0.25) is 14.4 Å². The second-order valence-electron chi connectivity index (χ2n) is 10.4. The number of thioether (sulfide) groups is 1. The fourth-order valence-corrected chi connectivity index (χ4v) is 5.86. The normalized spacial score (nSPS) is 11.0. The summed E-state index contributed by atoms with van der Waals surface area (Å²) in [5.74, 6) is -0.174. The van der Waals surface area contributed by atoms with E-state index in [0.29, 0.717) is 16.4 Å². The van der Waals surface area contributed by atoms with Gasteiger partial charge in [0.15, 0.2) is 5.13 Å². The van der Waals surface area contributed by atoms with Gasteiger partial charge in [-0.2, -0.15) is 0 Å². The average Bonchev–Trinajstić information content (AvgIpc) is 3.56. The number of carbonyl (C=O) groups is 3. The lowest BCUT2D eigenvalue weighted by Crippen LogP contribution is -2.30. The number of amides is 3. The Morgan fingerprint density at radius 2 is 1.64 bits per heavy atom. The molecule has 0 aliphatic heterocycles. The first-order valence-electron chi connectivity index (χ1n) is 14.6. The first-order chi connectivity index (χ1) is 22.8. The number of ether oxygens (including phenoxy) is 1. The zero-order valence-electron chi connectivity index (χ0n) is 26.0. The van der Waals surface area contributed by atoms with Gasteiger partial charge in [0, 0.05) is 46.9 Å². The van der Waals surface area contributed by atoms with Crippen molar-refractivity contribution in [2.45, 2.75) is 4.90 Å². The molecule has 0 atom stereocenters. The second kappa shape index (κ2) is 15.7. The smallest absolute Gasteiger partial charge is 0.272 e. The Morgan fingerprint density at radius 1 is 0.894 bits per heavy atom. The summed E-state index contributed by atoms with van der Waals surface area (Å²) in [6.45, 7) is 0. The molecule has 0 unspecified atom stereocenters. The minimum absolute atomic E-state index is 0.0892. The molecule has 11 heteroatoms. The lowest BCUT2D eigenvalue weighted by atomic mass is 10.1. The highest BCUT2D eigenvalue weighted by Gasteiger charge is 2.16. The number of nitrogens with one attached hydrogen (secondary N) is 3. The van der Waals surface area contributed by atoms with Crippen LogP contribution in [0.1, 0.15) is 15.9 Å². The van der Waals surface area contributed by atoms with Crippen molar-refractivity contribution < 1.29 is 19.1 Å². The van der Waals surface area contributed by atoms with Crippen LogP contribution < -0.4 is 25.6 Å². The summed E-state index contributed by atoms with van der Waals surface area (Å²) in [5.41, 5.74) is 4.49. The van der Waals surface area contributed by atoms with Gasteiger partial charge in [0.2, 0.25) is 5.91 Å². The van der Waals surface area contributed by atoms with Gasteiger partial charge in [-0.1, -0.05) is 36.4 Å². The Morgan fingerprint density at radius 3 is 2.34 bits per heavy atom. The molecule has 0 saturated carbocycles. The van der Waals surface area contributed by atoms with Crippen molar-refractivity contribution in [1.82, 2.24) is 10.3 Å². The SMILES string of the molecule is COc1ccc(-c2csc(NC(=O)CSc3cccc(NC(=O)/C(=C\c4ccc(N(C)C)cc4)NC(=O)c4ccccc4)c3)n2)cc1. The summed E-state index contributed by atoms with van der Waals surface area (Å²) in [5, 5.41) is 10.9. The average molecular weight is 664 g/mol. The van der Waals surface area contributed by atoms with Crippen molar-refractivity contribution in [2.75, 3.05) is 42.5 Å². The molecule has 3 N–H and O–H groups in total. The lowest BCUT2D eigenvalue weighted by Gasteiger charge is -2.14. The summed E-state index contributed by atoms with van der Waals surface area (Å²) >= 11 is 2.68. The minimum atomic E-state index is -0.484. The molecule has 4 aromatic carbocycles. The van der Waals surface area contributed by atoms with E-state index in [-0.39, 0.29) is 17.4 Å². The quantitative estimate of drug-likeness (QED) is 0.0971. The van der Waals surface area contributed by atoms with E-state index in [9.17, 15) is 14.4 Å². The Kier molecular flexibility index (Phi) is 11.1. The van der Waals surface area contributed by atoms with E-state index in [1.54, 1.807) is 55.7 Å². The van der Waals surface area contributed by atoms with Crippen LogP contribution in [0.25, 0.3) is 17.3 Å². The van der Waals surface area contributed by atoms with E-state index >= 15 is 0 Å². The molecule has 238 valence electrons. The maximum Gasteiger partial charge on any atom is 0.272 e. The van der Waals surface area contributed by atoms with Crippen molar-refractivity contribution in [1.29, 1.82) is 0 Å².